The van der Waals surface area contributed by atoms with E-state index in [0.29, 0.717) is 0 Å². The van der Waals surface area contributed by atoms with Gasteiger partial charge < -0.3 is 40.3 Å². The lowest BCUT2D eigenvalue weighted by Gasteiger charge is -2.31. The highest BCUT2D eigenvalue weighted by Crippen LogP contribution is 2.59. The second-order valence-electron chi connectivity index (χ2n) is 5.66. The van der Waals surface area contributed by atoms with Gasteiger partial charge in [0.25, 0.3) is 0 Å². The summed E-state index contributed by atoms with van der Waals surface area (Å²) in [5.41, 5.74) is 5.76. The number of phosphoric acid groups is 1. The van der Waals surface area contributed by atoms with Gasteiger partial charge in [0, 0.05) is 0 Å². The smallest absolute Gasteiger partial charge is 0.385 e. The Morgan fingerprint density at radius 3 is 2.52 bits per heavy atom. The number of aliphatic hydroxyl groups is 2. The third kappa shape index (κ3) is 3.39. The second kappa shape index (κ2) is 6.53. The van der Waals surface area contributed by atoms with E-state index in [2.05, 4.69) is 19.5 Å². The molecule has 15 nitrogen and oxygen atoms in total. The molecule has 4 unspecified atom stereocenters. The van der Waals surface area contributed by atoms with Crippen molar-refractivity contribution in [2.45, 2.75) is 23.8 Å². The number of nitrogens with zero attached hydrogens (tertiary/aromatic N) is 4. The summed E-state index contributed by atoms with van der Waals surface area (Å²) in [6, 6.07) is 0. The maximum atomic E-state index is 11.8. The summed E-state index contributed by atoms with van der Waals surface area (Å²) in [6.45, 7) is -1.12. The standard InChI is InChI=1S/C10H15N5O10P2/c11-7-5-8(13-2-12-7)15(3-14-5)9-6(16)10(17,26(18,19)20)4(25-9)1-24-27(21,22)23/h2-4,6,9,16-17H,1H2,(H2,11,12,13)(H2,18,19,20)(H2,21,22,23). The Morgan fingerprint density at radius 2 is 1.93 bits per heavy atom. The van der Waals surface area contributed by atoms with E-state index in [1.54, 1.807) is 0 Å². The molecule has 0 amide bonds. The molecule has 17 heteroatoms. The van der Waals surface area contributed by atoms with Gasteiger partial charge in [0.2, 0.25) is 5.34 Å². The molecule has 0 bridgehead atoms. The molecule has 1 aliphatic rings. The van der Waals surface area contributed by atoms with E-state index in [-0.39, 0.29) is 17.0 Å². The molecule has 0 spiro atoms. The molecule has 0 radical (unpaired) electrons. The summed E-state index contributed by atoms with van der Waals surface area (Å²) in [4.78, 5) is 48.1. The predicted molar refractivity (Wildman–Crippen MR) is 84.6 cm³/mol. The van der Waals surface area contributed by atoms with Gasteiger partial charge in [-0.1, -0.05) is 0 Å². The number of fused-ring (bicyclic) bond motifs is 1. The lowest BCUT2D eigenvalue weighted by Crippen LogP contribution is -2.48. The zero-order chi connectivity index (χ0) is 20.2. The Balaban J connectivity index is 2.04. The van der Waals surface area contributed by atoms with Crippen LogP contribution in [0.4, 0.5) is 5.82 Å². The summed E-state index contributed by atoms with van der Waals surface area (Å²) < 4.78 is 33.2. The van der Waals surface area contributed by atoms with Crippen LogP contribution in [-0.4, -0.2) is 73.5 Å². The van der Waals surface area contributed by atoms with Crippen LogP contribution in [0.25, 0.3) is 11.2 Å². The quantitative estimate of drug-likeness (QED) is 0.247. The first kappa shape index (κ1) is 20.2. The lowest BCUT2D eigenvalue weighted by atomic mass is 10.1. The summed E-state index contributed by atoms with van der Waals surface area (Å²) in [5, 5.41) is 17.7. The lowest BCUT2D eigenvalue weighted by molar-refractivity contribution is -0.0584. The summed E-state index contributed by atoms with van der Waals surface area (Å²) in [7, 11) is -10.5. The van der Waals surface area contributed by atoms with Gasteiger partial charge in [-0.15, -0.1) is 0 Å². The molecular formula is C10H15N5O10P2. The van der Waals surface area contributed by atoms with Crippen molar-refractivity contribution in [2.75, 3.05) is 12.3 Å². The molecule has 2 aromatic rings. The second-order valence-corrected chi connectivity index (χ2v) is 8.70. The molecule has 0 aromatic carbocycles. The fourth-order valence-electron chi connectivity index (χ4n) is 2.70. The number of aliphatic hydroxyl groups excluding tert-OH is 1. The number of nitrogens with two attached hydrogens (primary N) is 1. The highest BCUT2D eigenvalue weighted by Gasteiger charge is 2.66. The number of rotatable bonds is 5. The molecular weight excluding hydrogens is 412 g/mol. The minimum atomic E-state index is -5.47. The molecule has 4 atom stereocenters. The van der Waals surface area contributed by atoms with Crippen molar-refractivity contribution in [3.05, 3.63) is 12.7 Å². The fourth-order valence-corrected chi connectivity index (χ4v) is 4.02. The van der Waals surface area contributed by atoms with Gasteiger partial charge in [-0.05, 0) is 0 Å². The number of anilines is 1. The third-order valence-corrected chi connectivity index (χ3v) is 5.98. The van der Waals surface area contributed by atoms with Crippen molar-refractivity contribution < 1.29 is 48.2 Å². The summed E-state index contributed by atoms with van der Waals surface area (Å²) in [5.74, 6) is -0.0159. The van der Waals surface area contributed by atoms with Crippen molar-refractivity contribution in [3.8, 4) is 0 Å². The van der Waals surface area contributed by atoms with Crippen LogP contribution in [0.2, 0.25) is 0 Å². The Morgan fingerprint density at radius 1 is 1.26 bits per heavy atom. The highest BCUT2D eigenvalue weighted by molar-refractivity contribution is 7.53. The molecule has 1 aliphatic heterocycles. The average Bonchev–Trinajstić information content (AvgIpc) is 3.07. The van der Waals surface area contributed by atoms with E-state index in [1.165, 1.54) is 0 Å². The molecule has 2 aromatic heterocycles. The van der Waals surface area contributed by atoms with Crippen LogP contribution < -0.4 is 5.73 Å². The number of hydrogen-bond acceptors (Lipinski definition) is 10. The van der Waals surface area contributed by atoms with Crippen LogP contribution in [0, 0.1) is 0 Å². The van der Waals surface area contributed by atoms with Crippen LogP contribution >= 0.6 is 15.4 Å². The Labute approximate surface area is 149 Å². The van der Waals surface area contributed by atoms with Crippen LogP contribution in [0.1, 0.15) is 6.23 Å². The van der Waals surface area contributed by atoms with E-state index >= 15 is 0 Å². The van der Waals surface area contributed by atoms with Crippen LogP contribution in [0.3, 0.4) is 0 Å². The van der Waals surface area contributed by atoms with Crippen LogP contribution in [-0.2, 0) is 18.4 Å². The molecule has 1 fully saturated rings. The zero-order valence-electron chi connectivity index (χ0n) is 13.2. The number of nitrogen functional groups attached to an aromatic ring is 1. The van der Waals surface area contributed by atoms with Crippen LogP contribution in [0.5, 0.6) is 0 Å². The number of aromatic nitrogens is 4. The Hall–Kier alpha value is -1.51. The van der Waals surface area contributed by atoms with E-state index in [9.17, 15) is 29.1 Å². The monoisotopic (exact) mass is 427 g/mol. The largest absolute Gasteiger partial charge is 0.469 e. The first-order chi connectivity index (χ1) is 12.4. The van der Waals surface area contributed by atoms with Gasteiger partial charge in [0.05, 0.1) is 12.9 Å². The number of imidazole rings is 1. The van der Waals surface area contributed by atoms with Gasteiger partial charge in [0.15, 0.2) is 17.7 Å². The van der Waals surface area contributed by atoms with Crippen molar-refractivity contribution in [1.29, 1.82) is 0 Å². The molecule has 1 saturated heterocycles. The molecule has 8 N–H and O–H groups in total. The highest BCUT2D eigenvalue weighted by atomic mass is 31.2. The molecule has 3 rings (SSSR count). The minimum absolute atomic E-state index is 0.0159. The maximum absolute atomic E-state index is 11.8. The van der Waals surface area contributed by atoms with Crippen molar-refractivity contribution in [1.82, 2.24) is 19.5 Å². The number of ether oxygens (including phenoxy) is 1. The molecule has 27 heavy (non-hydrogen) atoms. The first-order valence-corrected chi connectivity index (χ1v) is 10.2. The van der Waals surface area contributed by atoms with Crippen molar-refractivity contribution >= 4 is 32.4 Å². The molecule has 0 saturated carbocycles. The average molecular weight is 427 g/mol. The third-order valence-electron chi connectivity index (χ3n) is 4.00. The summed E-state index contributed by atoms with van der Waals surface area (Å²) in [6.07, 6.45) is -3.72. The Bertz CT molecular complexity index is 957. The van der Waals surface area contributed by atoms with E-state index in [0.717, 1.165) is 17.2 Å². The normalized spacial score (nSPS) is 29.5. The van der Waals surface area contributed by atoms with Gasteiger partial charge in [-0.3, -0.25) is 13.7 Å². The van der Waals surface area contributed by atoms with E-state index < -0.39 is 45.8 Å². The zero-order valence-corrected chi connectivity index (χ0v) is 15.0. The molecule has 3 heterocycles. The minimum Gasteiger partial charge on any atom is -0.385 e. The van der Waals surface area contributed by atoms with E-state index in [1.807, 2.05) is 0 Å². The molecule has 0 aliphatic carbocycles. The SMILES string of the molecule is Nc1ncnc2c1ncn2C1OC(COP(=O)(O)O)C(O)(P(=O)(O)O)C1O. The van der Waals surface area contributed by atoms with E-state index in [4.69, 9.17) is 20.3 Å². The fraction of sp³-hybridized carbons (Fsp3) is 0.500. The predicted octanol–water partition coefficient (Wildman–Crippen LogP) is -2.36. The topological polar surface area (TPSA) is 244 Å². The maximum Gasteiger partial charge on any atom is 0.469 e. The first-order valence-electron chi connectivity index (χ1n) is 7.11. The summed E-state index contributed by atoms with van der Waals surface area (Å²) >= 11 is 0. The van der Waals surface area contributed by atoms with Gasteiger partial charge >= 0.3 is 15.4 Å². The van der Waals surface area contributed by atoms with Gasteiger partial charge in [-0.25, -0.2) is 19.5 Å². The van der Waals surface area contributed by atoms with Crippen molar-refractivity contribution in [3.63, 3.8) is 0 Å². The Kier molecular flexibility index (Phi) is 4.89. The van der Waals surface area contributed by atoms with Crippen molar-refractivity contribution in [2.24, 2.45) is 0 Å². The van der Waals surface area contributed by atoms with Gasteiger partial charge in [0.1, 0.15) is 24.1 Å². The number of phosphoric ester groups is 1. The van der Waals surface area contributed by atoms with Crippen LogP contribution in [0.15, 0.2) is 12.7 Å². The number of hydrogen-bond donors (Lipinski definition) is 7. The van der Waals surface area contributed by atoms with Gasteiger partial charge in [-0.2, -0.15) is 0 Å². The molecule has 150 valence electrons.